The molecule has 2 aliphatic rings. The van der Waals surface area contributed by atoms with Crippen molar-refractivity contribution in [3.63, 3.8) is 0 Å². The fourth-order valence-corrected chi connectivity index (χ4v) is 4.56. The minimum absolute atomic E-state index is 0.0809. The molecule has 4 aromatic rings. The van der Waals surface area contributed by atoms with Crippen LogP contribution in [-0.4, -0.2) is 11.6 Å². The molecule has 0 radical (unpaired) electrons. The summed E-state index contributed by atoms with van der Waals surface area (Å²) in [4.78, 5) is 26.3. The molecular weight excluding hydrogens is 432 g/mol. The summed E-state index contributed by atoms with van der Waals surface area (Å²) in [6.07, 6.45) is 8.77. The van der Waals surface area contributed by atoms with Crippen LogP contribution in [0.2, 0.25) is 0 Å². The van der Waals surface area contributed by atoms with Gasteiger partial charge < -0.3 is 4.74 Å². The van der Waals surface area contributed by atoms with E-state index in [-0.39, 0.29) is 11.6 Å². The lowest BCUT2D eigenvalue weighted by molar-refractivity contribution is -0.109. The molecule has 0 N–H and O–H groups in total. The first-order valence-corrected chi connectivity index (χ1v) is 11.4. The Morgan fingerprint density at radius 3 is 2.40 bits per heavy atom. The molecule has 0 atom stereocenters. The van der Waals surface area contributed by atoms with Gasteiger partial charge in [0.25, 0.3) is 0 Å². The van der Waals surface area contributed by atoms with Gasteiger partial charge in [0.05, 0.1) is 5.57 Å². The van der Waals surface area contributed by atoms with E-state index in [0.29, 0.717) is 28.2 Å². The van der Waals surface area contributed by atoms with Gasteiger partial charge in [0.1, 0.15) is 11.5 Å². The fourth-order valence-electron chi connectivity index (χ4n) is 4.56. The second-order valence-electron chi connectivity index (χ2n) is 8.45. The Kier molecular flexibility index (Phi) is 5.08. The zero-order valence-corrected chi connectivity index (χ0v) is 18.8. The van der Waals surface area contributed by atoms with E-state index < -0.39 is 0 Å². The zero-order chi connectivity index (χ0) is 23.8. The van der Waals surface area contributed by atoms with E-state index in [9.17, 15) is 9.59 Å². The third-order valence-corrected chi connectivity index (χ3v) is 6.32. The van der Waals surface area contributed by atoms with E-state index in [1.54, 1.807) is 30.4 Å². The van der Waals surface area contributed by atoms with Crippen molar-refractivity contribution in [2.75, 3.05) is 0 Å². The number of ether oxygens (including phenoxy) is 1. The molecule has 0 fully saturated rings. The van der Waals surface area contributed by atoms with Gasteiger partial charge in [-0.15, -0.1) is 0 Å². The van der Waals surface area contributed by atoms with Gasteiger partial charge in [-0.1, -0.05) is 91.0 Å². The number of rotatable bonds is 3. The number of benzene rings is 4. The maximum atomic E-state index is 13.6. The highest BCUT2D eigenvalue weighted by Gasteiger charge is 2.25. The van der Waals surface area contributed by atoms with Crippen LogP contribution in [0.25, 0.3) is 28.5 Å². The molecule has 35 heavy (non-hydrogen) atoms. The largest absolute Gasteiger partial charge is 0.456 e. The van der Waals surface area contributed by atoms with Crippen molar-refractivity contribution in [1.29, 1.82) is 0 Å². The first-order chi connectivity index (χ1) is 17.2. The van der Waals surface area contributed by atoms with Gasteiger partial charge in [-0.05, 0) is 52.3 Å². The summed E-state index contributed by atoms with van der Waals surface area (Å²) in [5, 5.41) is 2.09. The van der Waals surface area contributed by atoms with Crippen molar-refractivity contribution in [2.24, 2.45) is 0 Å². The molecule has 0 saturated carbocycles. The van der Waals surface area contributed by atoms with Crippen molar-refractivity contribution in [1.82, 2.24) is 0 Å². The second kappa shape index (κ2) is 8.54. The number of carbonyl (C=O) groups excluding carboxylic acids is 2. The van der Waals surface area contributed by atoms with Crippen molar-refractivity contribution in [2.45, 2.75) is 0 Å². The van der Waals surface area contributed by atoms with E-state index in [1.165, 1.54) is 0 Å². The Morgan fingerprint density at radius 2 is 1.51 bits per heavy atom. The Balaban J connectivity index is 1.51. The molecule has 3 heteroatoms. The summed E-state index contributed by atoms with van der Waals surface area (Å²) >= 11 is 0. The molecule has 0 saturated heterocycles. The standard InChI is InChI=1S/C32H20O3/c33-29-17-14-21-8-4-6-12-24(21)26(29)16-19-31-28(32(34)23-10-2-1-3-11-23)20-27-25-13-7-5-9-22(25)15-18-30(27)35-31/h1-20H/b26-16-,31-19-. The average Bonchev–Trinajstić information content (AvgIpc) is 2.92. The molecule has 0 spiro atoms. The molecule has 1 heterocycles. The summed E-state index contributed by atoms with van der Waals surface area (Å²) in [5.74, 6) is 0.869. The van der Waals surface area contributed by atoms with Crippen LogP contribution in [0.15, 0.2) is 121 Å². The number of carbonyl (C=O) groups is 2. The predicted octanol–water partition coefficient (Wildman–Crippen LogP) is 7.06. The molecule has 1 aliphatic heterocycles. The monoisotopic (exact) mass is 452 g/mol. The van der Waals surface area contributed by atoms with Crippen molar-refractivity contribution < 1.29 is 14.3 Å². The predicted molar refractivity (Wildman–Crippen MR) is 140 cm³/mol. The lowest BCUT2D eigenvalue weighted by Gasteiger charge is -2.21. The summed E-state index contributed by atoms with van der Waals surface area (Å²) in [6, 6.07) is 28.9. The van der Waals surface area contributed by atoms with Crippen molar-refractivity contribution in [3.8, 4) is 5.75 Å². The summed E-state index contributed by atoms with van der Waals surface area (Å²) < 4.78 is 6.31. The Labute approximate surface area is 203 Å². The number of hydrogen-bond acceptors (Lipinski definition) is 3. The van der Waals surface area contributed by atoms with Crippen LogP contribution in [0.3, 0.4) is 0 Å². The van der Waals surface area contributed by atoms with Crippen molar-refractivity contribution >= 4 is 40.1 Å². The Morgan fingerprint density at radius 1 is 0.743 bits per heavy atom. The van der Waals surface area contributed by atoms with Crippen LogP contribution in [0.5, 0.6) is 5.75 Å². The van der Waals surface area contributed by atoms with E-state index in [2.05, 4.69) is 0 Å². The Bertz CT molecular complexity index is 1630. The number of ketones is 2. The van der Waals surface area contributed by atoms with Crippen LogP contribution >= 0.6 is 0 Å². The van der Waals surface area contributed by atoms with Crippen LogP contribution in [0, 0.1) is 0 Å². The minimum atomic E-state index is -0.135. The maximum Gasteiger partial charge on any atom is 0.196 e. The van der Waals surface area contributed by atoms with Gasteiger partial charge in [-0.25, -0.2) is 0 Å². The van der Waals surface area contributed by atoms with Crippen LogP contribution in [0.1, 0.15) is 27.0 Å². The third-order valence-electron chi connectivity index (χ3n) is 6.32. The molecule has 166 valence electrons. The molecule has 0 bridgehead atoms. The quantitative estimate of drug-likeness (QED) is 0.247. The number of Topliss-reactive ketones (excluding diaryl/α,β-unsaturated/α-hetero) is 1. The van der Waals surface area contributed by atoms with Crippen molar-refractivity contribution in [3.05, 3.63) is 143 Å². The highest BCUT2D eigenvalue weighted by atomic mass is 16.5. The first kappa shape index (κ1) is 20.8. The van der Waals surface area contributed by atoms with Gasteiger partial charge in [0.2, 0.25) is 0 Å². The maximum absolute atomic E-state index is 13.6. The van der Waals surface area contributed by atoms with E-state index in [0.717, 1.165) is 27.5 Å². The van der Waals surface area contributed by atoms with Crippen LogP contribution < -0.4 is 4.74 Å². The van der Waals surface area contributed by atoms with Gasteiger partial charge >= 0.3 is 0 Å². The molecule has 3 nitrogen and oxygen atoms in total. The van der Waals surface area contributed by atoms with E-state index >= 15 is 0 Å². The lowest BCUT2D eigenvalue weighted by atomic mass is 9.90. The smallest absolute Gasteiger partial charge is 0.196 e. The highest BCUT2D eigenvalue weighted by molar-refractivity contribution is 6.30. The topological polar surface area (TPSA) is 43.4 Å². The zero-order valence-electron chi connectivity index (χ0n) is 18.8. The van der Waals surface area contributed by atoms with E-state index in [4.69, 9.17) is 4.74 Å². The van der Waals surface area contributed by atoms with Gasteiger partial charge in [-0.2, -0.15) is 0 Å². The molecule has 0 aromatic heterocycles. The second-order valence-corrected chi connectivity index (χ2v) is 8.45. The van der Waals surface area contributed by atoms with Gasteiger partial charge in [0, 0.05) is 16.7 Å². The van der Waals surface area contributed by atoms with Gasteiger partial charge in [-0.3, -0.25) is 9.59 Å². The number of fused-ring (bicyclic) bond motifs is 4. The van der Waals surface area contributed by atoms with Gasteiger partial charge in [0.15, 0.2) is 11.6 Å². The summed E-state index contributed by atoms with van der Waals surface area (Å²) in [7, 11) is 0. The SMILES string of the molecule is O=C1C=Cc2ccccc2/C1=C/C=C1\Oc2ccc3ccccc3c2C=C1C(=O)c1ccccc1. The number of allylic oxidation sites excluding steroid dienone is 5. The van der Waals surface area contributed by atoms with Crippen LogP contribution in [0.4, 0.5) is 0 Å². The highest BCUT2D eigenvalue weighted by Crippen LogP contribution is 2.38. The minimum Gasteiger partial charge on any atom is -0.456 e. The molecule has 0 unspecified atom stereocenters. The summed E-state index contributed by atoms with van der Waals surface area (Å²) in [5.41, 5.74) is 4.30. The van der Waals surface area contributed by atoms with Crippen LogP contribution in [-0.2, 0) is 4.79 Å². The molecule has 1 aliphatic carbocycles. The van der Waals surface area contributed by atoms with E-state index in [1.807, 2.05) is 91.0 Å². The average molecular weight is 453 g/mol. The third kappa shape index (κ3) is 3.73. The molecule has 6 rings (SSSR count). The first-order valence-electron chi connectivity index (χ1n) is 11.4. The normalized spacial score (nSPS) is 16.6. The molecule has 4 aromatic carbocycles. The summed E-state index contributed by atoms with van der Waals surface area (Å²) in [6.45, 7) is 0. The number of hydrogen-bond donors (Lipinski definition) is 0. The molecule has 0 amide bonds. The lowest BCUT2D eigenvalue weighted by Crippen LogP contribution is -2.14. The molecular formula is C32H20O3. The fraction of sp³-hybridized carbons (Fsp3) is 0. The Hall–Kier alpha value is -4.76.